The predicted octanol–water partition coefficient (Wildman–Crippen LogP) is 5.88. The quantitative estimate of drug-likeness (QED) is 0.183. The minimum atomic E-state index is -3.38. The van der Waals surface area contributed by atoms with Crippen molar-refractivity contribution in [3.8, 4) is 23.0 Å². The molecule has 0 aliphatic rings. The van der Waals surface area contributed by atoms with Crippen molar-refractivity contribution in [2.75, 3.05) is 6.61 Å². The maximum Gasteiger partial charge on any atom is 0.180 e. The van der Waals surface area contributed by atoms with Gasteiger partial charge in [-0.3, -0.25) is 9.55 Å². The third kappa shape index (κ3) is 6.32. The van der Waals surface area contributed by atoms with Crippen molar-refractivity contribution >= 4 is 28.9 Å². The Morgan fingerprint density at radius 2 is 1.79 bits per heavy atom. The molecule has 0 radical (unpaired) electrons. The van der Waals surface area contributed by atoms with Crippen LogP contribution in [0.15, 0.2) is 65.7 Å². The van der Waals surface area contributed by atoms with Gasteiger partial charge in [0.05, 0.1) is 27.8 Å². The van der Waals surface area contributed by atoms with E-state index >= 15 is 0 Å². The molecule has 0 unspecified atom stereocenters. The molecule has 0 saturated heterocycles. The number of aliphatic hydroxyl groups excluding tert-OH is 1. The summed E-state index contributed by atoms with van der Waals surface area (Å²) in [7, 11) is -4.61. The van der Waals surface area contributed by atoms with E-state index in [-0.39, 0.29) is 11.5 Å². The van der Waals surface area contributed by atoms with E-state index in [0.29, 0.717) is 47.4 Å². The zero-order chi connectivity index (χ0) is 27.5. The number of aromatic nitrogens is 3. The first kappa shape index (κ1) is 28.0. The summed E-state index contributed by atoms with van der Waals surface area (Å²) in [6, 6.07) is 16.7. The van der Waals surface area contributed by atoms with E-state index in [4.69, 9.17) is 14.5 Å². The van der Waals surface area contributed by atoms with E-state index in [1.165, 1.54) is 12.1 Å². The standard InChI is InChI=1S/C28H35N3O5SSi/c1-20(2)37(33,34)23-11-9-22(10-12-23)36-27-17-25-26(16-21(27)18-32)31(19-35-14-15-38(3,4)5)28(30-25)24-8-6-7-13-29-24/h6-13,16-17,20,32H,14-15,18-19H2,1-5H3. The Morgan fingerprint density at radius 1 is 1.05 bits per heavy atom. The zero-order valence-corrected chi connectivity index (χ0v) is 24.3. The highest BCUT2D eigenvalue weighted by Gasteiger charge is 2.20. The predicted molar refractivity (Wildman–Crippen MR) is 152 cm³/mol. The molecule has 0 aliphatic heterocycles. The largest absolute Gasteiger partial charge is 0.457 e. The Morgan fingerprint density at radius 3 is 2.39 bits per heavy atom. The smallest absolute Gasteiger partial charge is 0.180 e. The van der Waals surface area contributed by atoms with Crippen LogP contribution in [0.1, 0.15) is 19.4 Å². The van der Waals surface area contributed by atoms with Gasteiger partial charge < -0.3 is 14.6 Å². The number of pyridine rings is 1. The van der Waals surface area contributed by atoms with Gasteiger partial charge in [-0.1, -0.05) is 25.7 Å². The molecule has 4 rings (SSSR count). The topological polar surface area (TPSA) is 104 Å². The minimum Gasteiger partial charge on any atom is -0.457 e. The number of aliphatic hydroxyl groups is 1. The minimum absolute atomic E-state index is 0.241. The molecular weight excluding hydrogens is 518 g/mol. The molecule has 8 nitrogen and oxygen atoms in total. The lowest BCUT2D eigenvalue weighted by Gasteiger charge is -2.16. The van der Waals surface area contributed by atoms with Crippen molar-refractivity contribution in [3.63, 3.8) is 0 Å². The Labute approximate surface area is 225 Å². The molecule has 4 aromatic rings. The SMILES string of the molecule is CC(C)S(=O)(=O)c1ccc(Oc2cc3nc(-c4ccccn4)n(COCC[Si](C)(C)C)c3cc2CO)cc1. The van der Waals surface area contributed by atoms with Crippen LogP contribution in [-0.2, 0) is 27.9 Å². The first-order valence-electron chi connectivity index (χ1n) is 12.6. The Bertz CT molecular complexity index is 1500. The fourth-order valence-electron chi connectivity index (χ4n) is 3.87. The molecule has 0 spiro atoms. The molecule has 2 aromatic heterocycles. The monoisotopic (exact) mass is 553 g/mol. The maximum atomic E-state index is 12.4. The van der Waals surface area contributed by atoms with Crippen LogP contribution in [0, 0.1) is 0 Å². The first-order chi connectivity index (χ1) is 18.0. The number of imidazole rings is 1. The molecule has 0 atom stereocenters. The normalized spacial score (nSPS) is 12.4. The van der Waals surface area contributed by atoms with Crippen LogP contribution in [0.3, 0.4) is 0 Å². The number of fused-ring (bicyclic) bond motifs is 1. The van der Waals surface area contributed by atoms with Gasteiger partial charge in [0, 0.05) is 32.5 Å². The van der Waals surface area contributed by atoms with Gasteiger partial charge >= 0.3 is 0 Å². The van der Waals surface area contributed by atoms with Gasteiger partial charge in [0.1, 0.15) is 23.9 Å². The molecule has 0 amide bonds. The van der Waals surface area contributed by atoms with Gasteiger partial charge in [0.2, 0.25) is 0 Å². The number of benzene rings is 2. The molecule has 0 saturated carbocycles. The van der Waals surface area contributed by atoms with E-state index in [2.05, 4.69) is 24.6 Å². The van der Waals surface area contributed by atoms with Crippen molar-refractivity contribution in [1.82, 2.24) is 14.5 Å². The number of sulfone groups is 1. The molecule has 0 fully saturated rings. The molecule has 0 aliphatic carbocycles. The highest BCUT2D eigenvalue weighted by atomic mass is 32.2. The number of ether oxygens (including phenoxy) is 2. The lowest BCUT2D eigenvalue weighted by molar-refractivity contribution is 0.0909. The third-order valence-electron chi connectivity index (χ3n) is 6.21. The van der Waals surface area contributed by atoms with E-state index in [1.54, 1.807) is 38.2 Å². The van der Waals surface area contributed by atoms with E-state index in [9.17, 15) is 13.5 Å². The summed E-state index contributed by atoms with van der Waals surface area (Å²) in [6.45, 7) is 11.0. The second-order valence-electron chi connectivity index (χ2n) is 10.7. The van der Waals surface area contributed by atoms with Crippen molar-refractivity contribution in [2.45, 2.75) is 63.0 Å². The summed E-state index contributed by atoms with van der Waals surface area (Å²) < 4.78 is 39.0. The van der Waals surface area contributed by atoms with Gasteiger partial charge in [-0.05, 0) is 62.4 Å². The van der Waals surface area contributed by atoms with Crippen LogP contribution in [0.5, 0.6) is 11.5 Å². The summed E-state index contributed by atoms with van der Waals surface area (Å²) in [5.74, 6) is 1.56. The zero-order valence-electron chi connectivity index (χ0n) is 22.5. The van der Waals surface area contributed by atoms with Crippen molar-refractivity contribution in [3.05, 3.63) is 66.4 Å². The fourth-order valence-corrected chi connectivity index (χ4v) is 5.68. The summed E-state index contributed by atoms with van der Waals surface area (Å²) in [6.07, 6.45) is 1.72. The molecule has 2 aromatic carbocycles. The molecular formula is C28H35N3O5SSi. The van der Waals surface area contributed by atoms with Crippen LogP contribution in [0.2, 0.25) is 25.7 Å². The van der Waals surface area contributed by atoms with Crippen LogP contribution >= 0.6 is 0 Å². The Hall–Kier alpha value is -3.05. The average Bonchev–Trinajstić information content (AvgIpc) is 3.23. The number of rotatable bonds is 11. The summed E-state index contributed by atoms with van der Waals surface area (Å²) in [5.41, 5.74) is 2.76. The van der Waals surface area contributed by atoms with Gasteiger partial charge in [0.25, 0.3) is 0 Å². The van der Waals surface area contributed by atoms with Gasteiger partial charge in [-0.15, -0.1) is 0 Å². The molecule has 2 heterocycles. The van der Waals surface area contributed by atoms with Gasteiger partial charge in [-0.25, -0.2) is 13.4 Å². The summed E-state index contributed by atoms with van der Waals surface area (Å²) in [4.78, 5) is 9.57. The number of hydrogen-bond acceptors (Lipinski definition) is 7. The molecule has 202 valence electrons. The Balaban J connectivity index is 1.69. The van der Waals surface area contributed by atoms with E-state index in [0.717, 1.165) is 11.6 Å². The van der Waals surface area contributed by atoms with Crippen molar-refractivity contribution in [2.24, 2.45) is 0 Å². The Kier molecular flexibility index (Phi) is 8.36. The van der Waals surface area contributed by atoms with Crippen LogP contribution < -0.4 is 4.74 Å². The molecule has 0 bridgehead atoms. The summed E-state index contributed by atoms with van der Waals surface area (Å²) in [5, 5.41) is 9.64. The molecule has 1 N–H and O–H groups in total. The lowest BCUT2D eigenvalue weighted by Crippen LogP contribution is -2.22. The van der Waals surface area contributed by atoms with Crippen LogP contribution in [-0.4, -0.2) is 48.0 Å². The fraction of sp³-hybridized carbons (Fsp3) is 0.357. The average molecular weight is 554 g/mol. The molecule has 10 heteroatoms. The highest BCUT2D eigenvalue weighted by molar-refractivity contribution is 7.92. The maximum absolute atomic E-state index is 12.4. The summed E-state index contributed by atoms with van der Waals surface area (Å²) >= 11 is 0. The number of nitrogens with zero attached hydrogens (tertiary/aromatic N) is 3. The molecule has 38 heavy (non-hydrogen) atoms. The first-order valence-corrected chi connectivity index (χ1v) is 17.9. The lowest BCUT2D eigenvalue weighted by atomic mass is 10.2. The van der Waals surface area contributed by atoms with Gasteiger partial charge in [0.15, 0.2) is 15.7 Å². The van der Waals surface area contributed by atoms with Gasteiger partial charge in [-0.2, -0.15) is 0 Å². The van der Waals surface area contributed by atoms with E-state index in [1.807, 2.05) is 28.8 Å². The second kappa shape index (κ2) is 11.4. The van der Waals surface area contributed by atoms with Crippen LogP contribution in [0.25, 0.3) is 22.6 Å². The number of hydrogen-bond donors (Lipinski definition) is 1. The third-order valence-corrected chi connectivity index (χ3v) is 10.1. The van der Waals surface area contributed by atoms with E-state index < -0.39 is 23.2 Å². The highest BCUT2D eigenvalue weighted by Crippen LogP contribution is 2.33. The van der Waals surface area contributed by atoms with Crippen LogP contribution in [0.4, 0.5) is 0 Å². The van der Waals surface area contributed by atoms with Crippen molar-refractivity contribution in [1.29, 1.82) is 0 Å². The van der Waals surface area contributed by atoms with Crippen molar-refractivity contribution < 1.29 is 23.0 Å². The second-order valence-corrected chi connectivity index (χ2v) is 18.8.